The summed E-state index contributed by atoms with van der Waals surface area (Å²) in [6, 6.07) is 1.52. The highest BCUT2D eigenvalue weighted by Crippen LogP contribution is 2.27. The van der Waals surface area contributed by atoms with Gasteiger partial charge in [0.05, 0.1) is 5.56 Å². The standard InChI is InChI=1S/C14H17N3O3/c1-7(2)14(4)13(20)16-11(17-14)10-9(12(18)19)5-8(3)6-15-10/h5-7H,1-4H3,(H,18,19)(H,16,17,20)/t14-/m1/s1. The van der Waals surface area contributed by atoms with Crippen molar-refractivity contribution in [3.63, 3.8) is 0 Å². The molecular formula is C14H17N3O3. The summed E-state index contributed by atoms with van der Waals surface area (Å²) in [7, 11) is 0. The number of hydrogen-bond donors (Lipinski definition) is 2. The van der Waals surface area contributed by atoms with Crippen LogP contribution in [0, 0.1) is 12.8 Å². The van der Waals surface area contributed by atoms with E-state index in [2.05, 4.69) is 15.3 Å². The summed E-state index contributed by atoms with van der Waals surface area (Å²) in [5.41, 5.74) is 0.0816. The summed E-state index contributed by atoms with van der Waals surface area (Å²) in [6.45, 7) is 7.28. The zero-order chi connectivity index (χ0) is 15.1. The number of amides is 1. The van der Waals surface area contributed by atoms with Crippen molar-refractivity contribution in [2.45, 2.75) is 33.2 Å². The zero-order valence-electron chi connectivity index (χ0n) is 11.9. The van der Waals surface area contributed by atoms with Crippen molar-refractivity contribution in [3.8, 4) is 0 Å². The number of nitrogens with zero attached hydrogens (tertiary/aromatic N) is 2. The third-order valence-corrected chi connectivity index (χ3v) is 3.64. The number of pyridine rings is 1. The Morgan fingerprint density at radius 3 is 2.60 bits per heavy atom. The molecule has 1 amide bonds. The third-order valence-electron chi connectivity index (χ3n) is 3.64. The van der Waals surface area contributed by atoms with Crippen molar-refractivity contribution in [3.05, 3.63) is 29.1 Å². The second kappa shape index (κ2) is 4.70. The second-order valence-electron chi connectivity index (χ2n) is 5.43. The molecule has 0 saturated carbocycles. The highest BCUT2D eigenvalue weighted by Gasteiger charge is 2.42. The van der Waals surface area contributed by atoms with Crippen LogP contribution < -0.4 is 5.32 Å². The topological polar surface area (TPSA) is 91.7 Å². The lowest BCUT2D eigenvalue weighted by Gasteiger charge is -2.21. The molecular weight excluding hydrogens is 258 g/mol. The Bertz CT molecular complexity index is 622. The van der Waals surface area contributed by atoms with Gasteiger partial charge in [0.25, 0.3) is 5.91 Å². The normalized spacial score (nSPS) is 21.9. The largest absolute Gasteiger partial charge is 0.478 e. The number of aliphatic imine (C=N–C) groups is 1. The molecule has 106 valence electrons. The van der Waals surface area contributed by atoms with Gasteiger partial charge in [-0.25, -0.2) is 9.79 Å². The lowest BCUT2D eigenvalue weighted by Crippen LogP contribution is -2.41. The van der Waals surface area contributed by atoms with Crippen LogP contribution in [0.5, 0.6) is 0 Å². The fourth-order valence-electron chi connectivity index (χ4n) is 1.97. The number of rotatable bonds is 3. The Morgan fingerprint density at radius 1 is 1.45 bits per heavy atom. The molecule has 0 aliphatic carbocycles. The van der Waals surface area contributed by atoms with Crippen LogP contribution >= 0.6 is 0 Å². The first-order chi connectivity index (χ1) is 9.25. The highest BCUT2D eigenvalue weighted by molar-refractivity contribution is 6.17. The van der Waals surface area contributed by atoms with E-state index in [1.165, 1.54) is 6.07 Å². The van der Waals surface area contributed by atoms with Gasteiger partial charge in [-0.15, -0.1) is 0 Å². The molecule has 0 spiro atoms. The average Bonchev–Trinajstić information content (AvgIpc) is 2.66. The molecule has 2 N–H and O–H groups in total. The number of hydrogen-bond acceptors (Lipinski definition) is 4. The Kier molecular flexibility index (Phi) is 3.33. The number of aromatic nitrogens is 1. The number of aryl methyl sites for hydroxylation is 1. The SMILES string of the molecule is Cc1cnc(C2=N[C@](C)(C(C)C)C(=O)N2)c(C(=O)O)c1. The summed E-state index contributed by atoms with van der Waals surface area (Å²) in [6.07, 6.45) is 1.56. The smallest absolute Gasteiger partial charge is 0.338 e. The van der Waals surface area contributed by atoms with Crippen LogP contribution in [0.2, 0.25) is 0 Å². The third kappa shape index (κ3) is 2.17. The minimum Gasteiger partial charge on any atom is -0.478 e. The van der Waals surface area contributed by atoms with Gasteiger partial charge in [0.1, 0.15) is 11.2 Å². The van der Waals surface area contributed by atoms with Gasteiger partial charge >= 0.3 is 5.97 Å². The second-order valence-corrected chi connectivity index (χ2v) is 5.43. The first-order valence-electron chi connectivity index (χ1n) is 6.37. The molecule has 6 nitrogen and oxygen atoms in total. The van der Waals surface area contributed by atoms with Gasteiger partial charge in [0.2, 0.25) is 0 Å². The predicted octanol–water partition coefficient (Wildman–Crippen LogP) is 1.38. The van der Waals surface area contributed by atoms with Gasteiger partial charge in [0.15, 0.2) is 5.84 Å². The van der Waals surface area contributed by atoms with Crippen molar-refractivity contribution in [2.24, 2.45) is 10.9 Å². The van der Waals surface area contributed by atoms with Gasteiger partial charge in [-0.3, -0.25) is 9.78 Å². The maximum absolute atomic E-state index is 12.1. The van der Waals surface area contributed by atoms with E-state index >= 15 is 0 Å². The Labute approximate surface area is 116 Å². The first-order valence-corrected chi connectivity index (χ1v) is 6.37. The molecule has 0 fully saturated rings. The molecule has 0 radical (unpaired) electrons. The fraction of sp³-hybridized carbons (Fsp3) is 0.429. The molecule has 1 aliphatic heterocycles. The van der Waals surface area contributed by atoms with E-state index in [-0.39, 0.29) is 28.9 Å². The molecule has 0 unspecified atom stereocenters. The van der Waals surface area contributed by atoms with E-state index < -0.39 is 11.5 Å². The molecule has 0 aromatic carbocycles. The van der Waals surface area contributed by atoms with Crippen molar-refractivity contribution in [1.29, 1.82) is 0 Å². The van der Waals surface area contributed by atoms with Crippen LogP contribution in [-0.4, -0.2) is 33.3 Å². The van der Waals surface area contributed by atoms with Crippen LogP contribution in [0.15, 0.2) is 17.3 Å². The average molecular weight is 275 g/mol. The van der Waals surface area contributed by atoms with Crippen molar-refractivity contribution in [1.82, 2.24) is 10.3 Å². The molecule has 0 saturated heterocycles. The number of amidine groups is 1. The van der Waals surface area contributed by atoms with E-state index in [4.69, 9.17) is 0 Å². The summed E-state index contributed by atoms with van der Waals surface area (Å²) in [4.78, 5) is 31.9. The number of carboxylic acid groups (broad SMARTS) is 1. The van der Waals surface area contributed by atoms with E-state index in [0.717, 1.165) is 5.56 Å². The van der Waals surface area contributed by atoms with Crippen molar-refractivity contribution in [2.75, 3.05) is 0 Å². The summed E-state index contributed by atoms with van der Waals surface area (Å²) in [5.74, 6) is -1.10. The molecule has 2 heterocycles. The summed E-state index contributed by atoms with van der Waals surface area (Å²) >= 11 is 0. The number of carboxylic acids is 1. The van der Waals surface area contributed by atoms with Crippen LogP contribution in [0.1, 0.15) is 42.4 Å². The van der Waals surface area contributed by atoms with Crippen LogP contribution in [0.3, 0.4) is 0 Å². The lowest BCUT2D eigenvalue weighted by molar-refractivity contribution is -0.124. The van der Waals surface area contributed by atoms with Crippen molar-refractivity contribution >= 4 is 17.7 Å². The van der Waals surface area contributed by atoms with Gasteiger partial charge < -0.3 is 10.4 Å². The number of carbonyl (C=O) groups excluding carboxylic acids is 1. The van der Waals surface area contributed by atoms with Gasteiger partial charge in [-0.05, 0) is 31.4 Å². The summed E-state index contributed by atoms with van der Waals surface area (Å²) in [5, 5.41) is 11.9. The molecule has 0 bridgehead atoms. The summed E-state index contributed by atoms with van der Waals surface area (Å²) < 4.78 is 0. The fourth-order valence-corrected chi connectivity index (χ4v) is 1.97. The van der Waals surface area contributed by atoms with Gasteiger partial charge in [-0.2, -0.15) is 0 Å². The molecule has 1 aromatic heterocycles. The Hall–Kier alpha value is -2.24. The van der Waals surface area contributed by atoms with Gasteiger partial charge in [-0.1, -0.05) is 13.8 Å². The van der Waals surface area contributed by atoms with E-state index in [1.54, 1.807) is 20.0 Å². The number of carbonyl (C=O) groups is 2. The monoisotopic (exact) mass is 275 g/mol. The Morgan fingerprint density at radius 2 is 2.10 bits per heavy atom. The zero-order valence-corrected chi connectivity index (χ0v) is 11.9. The number of nitrogens with one attached hydrogen (secondary N) is 1. The maximum Gasteiger partial charge on any atom is 0.338 e. The van der Waals surface area contributed by atoms with Crippen LogP contribution in [0.25, 0.3) is 0 Å². The van der Waals surface area contributed by atoms with E-state index in [1.807, 2.05) is 13.8 Å². The highest BCUT2D eigenvalue weighted by atomic mass is 16.4. The number of aromatic carboxylic acids is 1. The quantitative estimate of drug-likeness (QED) is 0.871. The maximum atomic E-state index is 12.1. The molecule has 1 aliphatic rings. The molecule has 1 aromatic rings. The Balaban J connectivity index is 2.54. The lowest BCUT2D eigenvalue weighted by atomic mass is 9.89. The first kappa shape index (κ1) is 14.2. The van der Waals surface area contributed by atoms with E-state index in [0.29, 0.717) is 0 Å². The molecule has 20 heavy (non-hydrogen) atoms. The van der Waals surface area contributed by atoms with Gasteiger partial charge in [0, 0.05) is 6.20 Å². The van der Waals surface area contributed by atoms with Crippen molar-refractivity contribution < 1.29 is 14.7 Å². The molecule has 2 rings (SSSR count). The van der Waals surface area contributed by atoms with Crippen LogP contribution in [0.4, 0.5) is 0 Å². The molecule has 1 atom stereocenters. The minimum absolute atomic E-state index is 0.00118. The molecule has 6 heteroatoms. The van der Waals surface area contributed by atoms with E-state index in [9.17, 15) is 14.7 Å². The predicted molar refractivity (Wildman–Crippen MR) is 73.9 cm³/mol. The minimum atomic E-state index is -1.09. The van der Waals surface area contributed by atoms with Crippen LogP contribution in [-0.2, 0) is 4.79 Å².